The van der Waals surface area contributed by atoms with Crippen LogP contribution in [0.5, 0.6) is 0 Å². The Balaban J connectivity index is 2.07. The third kappa shape index (κ3) is 4.61. The molecule has 1 amide bonds. The molecule has 1 N–H and O–H groups in total. The van der Waals surface area contributed by atoms with Crippen LogP contribution in [-0.2, 0) is 10.0 Å². The molecule has 9 heteroatoms. The Labute approximate surface area is 209 Å². The first-order valence-electron chi connectivity index (χ1n) is 11.2. The van der Waals surface area contributed by atoms with E-state index >= 15 is 0 Å². The van der Waals surface area contributed by atoms with E-state index in [1.165, 1.54) is 42.7 Å². The number of hydrogen-bond acceptors (Lipinski definition) is 5. The number of fused-ring (bicyclic) bond motifs is 1. The fraction of sp³-hybridized carbons (Fsp3) is 0.185. The highest BCUT2D eigenvalue weighted by molar-refractivity contribution is 7.92. The predicted molar refractivity (Wildman–Crippen MR) is 142 cm³/mol. The largest absolute Gasteiger partial charge is 0.455 e. The summed E-state index contributed by atoms with van der Waals surface area (Å²) in [6.45, 7) is 3.75. The number of rotatable bonds is 6. The zero-order valence-corrected chi connectivity index (χ0v) is 21.4. The molecule has 1 aromatic heterocycles. The van der Waals surface area contributed by atoms with E-state index in [9.17, 15) is 17.6 Å². The Morgan fingerprint density at radius 1 is 1.08 bits per heavy atom. The van der Waals surface area contributed by atoms with Crippen molar-refractivity contribution in [3.05, 3.63) is 71.5 Å². The highest BCUT2D eigenvalue weighted by atomic mass is 32.2. The number of nitrogens with one attached hydrogen (secondary N) is 1. The molecule has 0 saturated heterocycles. The van der Waals surface area contributed by atoms with Crippen LogP contribution in [0.2, 0.25) is 0 Å². The summed E-state index contributed by atoms with van der Waals surface area (Å²) in [6, 6.07) is 14.6. The molecule has 0 unspecified atom stereocenters. The van der Waals surface area contributed by atoms with Crippen LogP contribution in [0.3, 0.4) is 0 Å². The number of halogens is 1. The Bertz CT molecular complexity index is 1610. The van der Waals surface area contributed by atoms with Crippen molar-refractivity contribution in [1.29, 1.82) is 0 Å². The molecule has 7 nitrogen and oxygen atoms in total. The first-order valence-corrected chi connectivity index (χ1v) is 13.0. The molecule has 1 heterocycles. The maximum absolute atomic E-state index is 13.6. The standard InChI is InChI=1S/C27H26FN3O4S/c1-6-30-22-12-9-18(13-16(22)2)20-14-21-24(15-23(20)31(4)36(5,33)34)35-26(25(21)27(32)29-3)17-7-10-19(28)11-8-17/h6-15H,1-5H3,(H,29,32). The van der Waals surface area contributed by atoms with Gasteiger partial charge in [-0.1, -0.05) is 6.07 Å². The van der Waals surface area contributed by atoms with Crippen LogP contribution in [0.15, 0.2) is 64.0 Å². The Kier molecular flexibility index (Phi) is 6.69. The number of nitrogens with zero attached hydrogens (tertiary/aromatic N) is 2. The van der Waals surface area contributed by atoms with E-state index < -0.39 is 15.8 Å². The molecule has 0 spiro atoms. The summed E-state index contributed by atoms with van der Waals surface area (Å²) in [6.07, 6.45) is 2.82. The second kappa shape index (κ2) is 9.58. The van der Waals surface area contributed by atoms with E-state index in [0.29, 0.717) is 27.8 Å². The van der Waals surface area contributed by atoms with Crippen molar-refractivity contribution in [3.8, 4) is 22.5 Å². The van der Waals surface area contributed by atoms with Crippen molar-refractivity contribution in [2.75, 3.05) is 24.7 Å². The summed E-state index contributed by atoms with van der Waals surface area (Å²) in [5.41, 5.74) is 4.56. The number of benzene rings is 3. The summed E-state index contributed by atoms with van der Waals surface area (Å²) in [5.74, 6) is -0.535. The zero-order valence-electron chi connectivity index (χ0n) is 20.6. The zero-order chi connectivity index (χ0) is 26.2. The second-order valence-corrected chi connectivity index (χ2v) is 10.4. The average molecular weight is 508 g/mol. The third-order valence-corrected chi connectivity index (χ3v) is 7.17. The molecule has 0 bridgehead atoms. The van der Waals surface area contributed by atoms with Gasteiger partial charge in [-0.3, -0.25) is 14.1 Å². The van der Waals surface area contributed by atoms with E-state index in [1.54, 1.807) is 18.3 Å². The lowest BCUT2D eigenvalue weighted by Crippen LogP contribution is -2.25. The Hall–Kier alpha value is -3.98. The van der Waals surface area contributed by atoms with Crippen molar-refractivity contribution in [1.82, 2.24) is 5.32 Å². The van der Waals surface area contributed by atoms with Crippen molar-refractivity contribution >= 4 is 44.5 Å². The smallest absolute Gasteiger partial charge is 0.255 e. The van der Waals surface area contributed by atoms with Crippen molar-refractivity contribution < 1.29 is 22.0 Å². The van der Waals surface area contributed by atoms with Crippen LogP contribution in [0.4, 0.5) is 15.8 Å². The number of aryl methyl sites for hydroxylation is 1. The fourth-order valence-corrected chi connectivity index (χ4v) is 4.57. The second-order valence-electron chi connectivity index (χ2n) is 8.38. The number of furan rings is 1. The minimum atomic E-state index is -3.62. The SMILES string of the molecule is CC=Nc1ccc(-c2cc3c(C(=O)NC)c(-c4ccc(F)cc4)oc3cc2N(C)S(C)(=O)=O)cc1C. The first-order chi connectivity index (χ1) is 17.0. The summed E-state index contributed by atoms with van der Waals surface area (Å²) in [5, 5.41) is 3.14. The van der Waals surface area contributed by atoms with E-state index in [4.69, 9.17) is 4.42 Å². The van der Waals surface area contributed by atoms with Gasteiger partial charge in [0.05, 0.1) is 23.2 Å². The molecule has 0 saturated carbocycles. The predicted octanol–water partition coefficient (Wildman–Crippen LogP) is 5.69. The van der Waals surface area contributed by atoms with Crippen LogP contribution in [-0.4, -0.2) is 40.9 Å². The normalized spacial score (nSPS) is 11.8. The Morgan fingerprint density at radius 3 is 2.33 bits per heavy atom. The van der Waals surface area contributed by atoms with Crippen LogP contribution < -0.4 is 9.62 Å². The number of carbonyl (C=O) groups is 1. The number of amides is 1. The van der Waals surface area contributed by atoms with Gasteiger partial charge in [0.1, 0.15) is 17.2 Å². The Morgan fingerprint density at radius 2 is 1.75 bits per heavy atom. The average Bonchev–Trinajstić information content (AvgIpc) is 3.22. The first kappa shape index (κ1) is 25.1. The molecule has 36 heavy (non-hydrogen) atoms. The number of hydrogen-bond donors (Lipinski definition) is 1. The van der Waals surface area contributed by atoms with Gasteiger partial charge in [-0.2, -0.15) is 0 Å². The minimum Gasteiger partial charge on any atom is -0.455 e. The van der Waals surface area contributed by atoms with E-state index in [0.717, 1.165) is 23.1 Å². The molecular weight excluding hydrogens is 481 g/mol. The van der Waals surface area contributed by atoms with Gasteiger partial charge in [-0.25, -0.2) is 12.8 Å². The van der Waals surface area contributed by atoms with Gasteiger partial charge in [0.2, 0.25) is 10.0 Å². The maximum atomic E-state index is 13.6. The topological polar surface area (TPSA) is 92.0 Å². The van der Waals surface area contributed by atoms with Crippen molar-refractivity contribution in [2.24, 2.45) is 4.99 Å². The van der Waals surface area contributed by atoms with Gasteiger partial charge >= 0.3 is 0 Å². The van der Waals surface area contributed by atoms with Crippen LogP contribution in [0.1, 0.15) is 22.8 Å². The highest BCUT2D eigenvalue weighted by Crippen LogP contribution is 2.42. The lowest BCUT2D eigenvalue weighted by molar-refractivity contribution is 0.0964. The molecule has 0 aliphatic rings. The molecule has 0 aliphatic heterocycles. The van der Waals surface area contributed by atoms with Gasteiger partial charge < -0.3 is 9.73 Å². The third-order valence-electron chi connectivity index (χ3n) is 5.98. The molecule has 0 radical (unpaired) electrons. The van der Waals surface area contributed by atoms with Gasteiger partial charge in [0, 0.05) is 42.9 Å². The van der Waals surface area contributed by atoms with Gasteiger partial charge in [0.15, 0.2) is 0 Å². The summed E-state index contributed by atoms with van der Waals surface area (Å²) in [7, 11) is -0.639. The quantitative estimate of drug-likeness (QED) is 0.339. The minimum absolute atomic E-state index is 0.262. The van der Waals surface area contributed by atoms with E-state index in [1.807, 2.05) is 32.0 Å². The van der Waals surface area contributed by atoms with Gasteiger partial charge in [-0.05, 0) is 67.4 Å². The van der Waals surface area contributed by atoms with E-state index in [2.05, 4.69) is 10.3 Å². The van der Waals surface area contributed by atoms with Crippen LogP contribution >= 0.6 is 0 Å². The highest BCUT2D eigenvalue weighted by Gasteiger charge is 2.26. The monoisotopic (exact) mass is 507 g/mol. The van der Waals surface area contributed by atoms with Crippen molar-refractivity contribution in [2.45, 2.75) is 13.8 Å². The maximum Gasteiger partial charge on any atom is 0.255 e. The number of anilines is 1. The molecule has 0 fully saturated rings. The number of carbonyl (C=O) groups excluding carboxylic acids is 1. The lowest BCUT2D eigenvalue weighted by Gasteiger charge is -2.21. The van der Waals surface area contributed by atoms with Gasteiger partial charge in [-0.15, -0.1) is 0 Å². The molecule has 0 atom stereocenters. The fourth-order valence-electron chi connectivity index (χ4n) is 4.06. The van der Waals surface area contributed by atoms with Crippen LogP contribution in [0.25, 0.3) is 33.4 Å². The summed E-state index contributed by atoms with van der Waals surface area (Å²) < 4.78 is 45.9. The number of aliphatic imine (C=N–C) groups is 1. The lowest BCUT2D eigenvalue weighted by atomic mass is 9.97. The van der Waals surface area contributed by atoms with Gasteiger partial charge in [0.25, 0.3) is 5.91 Å². The number of sulfonamides is 1. The molecule has 3 aromatic carbocycles. The molecule has 4 rings (SSSR count). The molecule has 186 valence electrons. The van der Waals surface area contributed by atoms with E-state index in [-0.39, 0.29) is 17.2 Å². The van der Waals surface area contributed by atoms with Crippen LogP contribution in [0, 0.1) is 12.7 Å². The summed E-state index contributed by atoms with van der Waals surface area (Å²) >= 11 is 0. The molecule has 4 aromatic rings. The molecule has 0 aliphatic carbocycles. The van der Waals surface area contributed by atoms with Crippen molar-refractivity contribution in [3.63, 3.8) is 0 Å². The molecular formula is C27H26FN3O4S. The summed E-state index contributed by atoms with van der Waals surface area (Å²) in [4.78, 5) is 17.3.